The second kappa shape index (κ2) is 11.3. The Kier molecular flexibility index (Phi) is 8.97. The van der Waals surface area contributed by atoms with Gasteiger partial charge < -0.3 is 29.4 Å². The highest BCUT2D eigenvalue weighted by Crippen LogP contribution is 2.35. The molecule has 2 rings (SSSR count). The van der Waals surface area contributed by atoms with Crippen LogP contribution in [0.4, 0.5) is 0 Å². The van der Waals surface area contributed by atoms with Gasteiger partial charge in [-0.25, -0.2) is 14.4 Å². The molecule has 1 aromatic carbocycles. The predicted octanol–water partition coefficient (Wildman–Crippen LogP) is 2.04. The van der Waals surface area contributed by atoms with Crippen LogP contribution in [0.15, 0.2) is 17.7 Å². The minimum absolute atomic E-state index is 0.0802. The van der Waals surface area contributed by atoms with Gasteiger partial charge in [-0.3, -0.25) is 4.79 Å². The maximum atomic E-state index is 13.0. The molecule has 10 nitrogen and oxygen atoms in total. The number of thioether (sulfide) groups is 1. The first-order chi connectivity index (χ1) is 15.9. The number of fused-ring (bicyclic) bond motifs is 1. The molecule has 0 saturated heterocycles. The van der Waals surface area contributed by atoms with Crippen molar-refractivity contribution >= 4 is 35.6 Å². The number of methoxy groups -OCH3 is 2. The van der Waals surface area contributed by atoms with Gasteiger partial charge in [0.25, 0.3) is 5.91 Å². The molecule has 0 radical (unpaired) electrons. The fraction of sp³-hybridized carbons (Fsp3) is 0.478. The van der Waals surface area contributed by atoms with Crippen LogP contribution in [-0.4, -0.2) is 67.1 Å². The van der Waals surface area contributed by atoms with E-state index in [0.29, 0.717) is 11.1 Å². The molecule has 1 amide bonds. The van der Waals surface area contributed by atoms with Crippen LogP contribution in [-0.2, 0) is 34.3 Å². The number of hydrogen-bond donors (Lipinski definition) is 2. The van der Waals surface area contributed by atoms with E-state index in [1.165, 1.54) is 32.0 Å². The standard InChI is InChI=1S/C23H29NO9S/c1-12-17(30-5)8-16(25)14-10-34-11-15(21(28)31-6)24-20(27)13(9-32-22(29)19(12)14)7-18(26)33-23(2,3)4/h7-8,15,25H,9-11H2,1-6H3,(H,24,27)/t15-/m0/s1. The molecule has 34 heavy (non-hydrogen) atoms. The van der Waals surface area contributed by atoms with Crippen LogP contribution in [0.1, 0.15) is 42.3 Å². The molecule has 0 aliphatic carbocycles. The molecule has 0 fully saturated rings. The summed E-state index contributed by atoms with van der Waals surface area (Å²) >= 11 is 1.19. The fourth-order valence-corrected chi connectivity index (χ4v) is 4.20. The van der Waals surface area contributed by atoms with Gasteiger partial charge in [0.1, 0.15) is 29.7 Å². The van der Waals surface area contributed by atoms with Crippen LogP contribution < -0.4 is 10.1 Å². The first kappa shape index (κ1) is 27.0. The molecule has 186 valence electrons. The molecule has 1 aliphatic rings. The van der Waals surface area contributed by atoms with Gasteiger partial charge in [0.05, 0.1) is 25.4 Å². The second-order valence-electron chi connectivity index (χ2n) is 8.42. The summed E-state index contributed by atoms with van der Waals surface area (Å²) in [5.41, 5.74) is -0.238. The summed E-state index contributed by atoms with van der Waals surface area (Å²) in [6.45, 7) is 6.04. The number of rotatable bonds is 3. The normalized spacial score (nSPS) is 18.5. The predicted molar refractivity (Wildman–Crippen MR) is 124 cm³/mol. The minimum Gasteiger partial charge on any atom is -0.507 e. The summed E-state index contributed by atoms with van der Waals surface area (Å²) in [5, 5.41) is 13.0. The van der Waals surface area contributed by atoms with Gasteiger partial charge in [0.15, 0.2) is 0 Å². The number of ether oxygens (including phenoxy) is 4. The summed E-state index contributed by atoms with van der Waals surface area (Å²) in [5.74, 6) is -2.79. The summed E-state index contributed by atoms with van der Waals surface area (Å²) in [6.07, 6.45) is 0.915. The SMILES string of the molecule is COC(=O)[C@@H]1CSCc2c(O)cc(OC)c(C)c2C(=O)OCC(=CC(=O)OC(C)(C)C)C(=O)N1. The number of aromatic hydroxyl groups is 1. The van der Waals surface area contributed by atoms with Gasteiger partial charge in [-0.2, -0.15) is 11.8 Å². The number of cyclic esters (lactones) is 1. The number of esters is 3. The number of carbonyl (C=O) groups excluding carboxylic acids is 4. The molecule has 1 aliphatic heterocycles. The van der Waals surface area contributed by atoms with E-state index in [0.717, 1.165) is 6.08 Å². The van der Waals surface area contributed by atoms with Crippen LogP contribution >= 0.6 is 11.8 Å². The number of amides is 1. The number of carbonyl (C=O) groups is 4. The zero-order valence-corrected chi connectivity index (χ0v) is 20.8. The topological polar surface area (TPSA) is 137 Å². The van der Waals surface area contributed by atoms with Crippen molar-refractivity contribution in [3.05, 3.63) is 34.4 Å². The summed E-state index contributed by atoms with van der Waals surface area (Å²) in [7, 11) is 2.59. The number of nitrogens with one attached hydrogen (secondary N) is 1. The lowest BCUT2D eigenvalue weighted by Crippen LogP contribution is -2.44. The Bertz CT molecular complexity index is 1010. The number of phenolic OH excluding ortho intramolecular Hbond substituents is 1. The highest BCUT2D eigenvalue weighted by atomic mass is 32.2. The van der Waals surface area contributed by atoms with Crippen LogP contribution in [0.2, 0.25) is 0 Å². The molecular formula is C23H29NO9S. The van der Waals surface area contributed by atoms with Gasteiger partial charge in [0, 0.05) is 34.8 Å². The fourth-order valence-electron chi connectivity index (χ4n) is 3.13. The second-order valence-corrected chi connectivity index (χ2v) is 9.45. The average Bonchev–Trinajstić information content (AvgIpc) is 2.74. The molecule has 0 unspecified atom stereocenters. The number of benzene rings is 1. The lowest BCUT2D eigenvalue weighted by molar-refractivity contribution is -0.148. The van der Waals surface area contributed by atoms with Crippen molar-refractivity contribution in [2.24, 2.45) is 0 Å². The first-order valence-corrected chi connectivity index (χ1v) is 11.5. The third kappa shape index (κ3) is 6.89. The van der Waals surface area contributed by atoms with Crippen LogP contribution in [0.3, 0.4) is 0 Å². The van der Waals surface area contributed by atoms with Crippen LogP contribution in [0.25, 0.3) is 0 Å². The quantitative estimate of drug-likeness (QED) is 0.364. The molecule has 1 heterocycles. The average molecular weight is 496 g/mol. The van der Waals surface area contributed by atoms with Gasteiger partial charge in [0.2, 0.25) is 0 Å². The Morgan fingerprint density at radius 2 is 1.94 bits per heavy atom. The molecule has 2 N–H and O–H groups in total. The Labute approximate surface area is 202 Å². The van der Waals surface area contributed by atoms with E-state index in [2.05, 4.69) is 5.32 Å². The van der Waals surface area contributed by atoms with Crippen LogP contribution in [0, 0.1) is 6.92 Å². The largest absolute Gasteiger partial charge is 0.507 e. The van der Waals surface area contributed by atoms with Crippen molar-refractivity contribution < 1.29 is 43.2 Å². The highest BCUT2D eigenvalue weighted by molar-refractivity contribution is 7.98. The molecule has 0 bridgehead atoms. The molecule has 0 spiro atoms. The lowest BCUT2D eigenvalue weighted by atomic mass is 10.0. The van der Waals surface area contributed by atoms with E-state index in [4.69, 9.17) is 18.9 Å². The van der Waals surface area contributed by atoms with Crippen molar-refractivity contribution in [3.8, 4) is 11.5 Å². The van der Waals surface area contributed by atoms with E-state index in [1.807, 2.05) is 0 Å². The number of hydrogen-bond acceptors (Lipinski definition) is 10. The smallest absolute Gasteiger partial charge is 0.339 e. The third-order valence-electron chi connectivity index (χ3n) is 4.72. The zero-order chi connectivity index (χ0) is 25.6. The van der Waals surface area contributed by atoms with Crippen molar-refractivity contribution in [1.82, 2.24) is 5.32 Å². The van der Waals surface area contributed by atoms with Gasteiger partial charge in [-0.15, -0.1) is 0 Å². The zero-order valence-electron chi connectivity index (χ0n) is 20.0. The molecular weight excluding hydrogens is 466 g/mol. The Balaban J connectivity index is 2.53. The van der Waals surface area contributed by atoms with Gasteiger partial charge >= 0.3 is 17.9 Å². The van der Waals surface area contributed by atoms with E-state index in [1.54, 1.807) is 27.7 Å². The third-order valence-corrected chi connectivity index (χ3v) is 5.78. The molecule has 1 atom stereocenters. The molecule has 1 aromatic rings. The van der Waals surface area contributed by atoms with Gasteiger partial charge in [-0.05, 0) is 27.7 Å². The van der Waals surface area contributed by atoms with Gasteiger partial charge in [-0.1, -0.05) is 0 Å². The number of phenols is 1. The van der Waals surface area contributed by atoms with E-state index in [-0.39, 0.29) is 34.1 Å². The highest BCUT2D eigenvalue weighted by Gasteiger charge is 2.29. The van der Waals surface area contributed by atoms with Crippen molar-refractivity contribution in [2.75, 3.05) is 26.6 Å². The molecule has 0 aromatic heterocycles. The van der Waals surface area contributed by atoms with E-state index < -0.39 is 42.1 Å². The first-order valence-electron chi connectivity index (χ1n) is 10.3. The summed E-state index contributed by atoms with van der Waals surface area (Å²) in [4.78, 5) is 50.4. The lowest BCUT2D eigenvalue weighted by Gasteiger charge is -2.21. The minimum atomic E-state index is -1.05. The molecule has 11 heteroatoms. The van der Waals surface area contributed by atoms with E-state index >= 15 is 0 Å². The Morgan fingerprint density at radius 1 is 1.26 bits per heavy atom. The summed E-state index contributed by atoms with van der Waals surface area (Å²) in [6, 6.07) is 0.339. The Hall–Kier alpha value is -3.21. The van der Waals surface area contributed by atoms with Crippen LogP contribution in [0.5, 0.6) is 11.5 Å². The molecule has 0 saturated carbocycles. The van der Waals surface area contributed by atoms with Crippen molar-refractivity contribution in [3.63, 3.8) is 0 Å². The van der Waals surface area contributed by atoms with Crippen molar-refractivity contribution in [1.29, 1.82) is 0 Å². The van der Waals surface area contributed by atoms with Crippen molar-refractivity contribution in [2.45, 2.75) is 45.1 Å². The Morgan fingerprint density at radius 3 is 2.53 bits per heavy atom. The maximum Gasteiger partial charge on any atom is 0.339 e. The summed E-state index contributed by atoms with van der Waals surface area (Å²) < 4.78 is 20.6. The van der Waals surface area contributed by atoms with E-state index in [9.17, 15) is 24.3 Å². The monoisotopic (exact) mass is 495 g/mol. The maximum absolute atomic E-state index is 13.0.